The number of ether oxygens (including phenoxy) is 2. The molecule has 0 saturated carbocycles. The van der Waals surface area contributed by atoms with Crippen LogP contribution >= 0.6 is 0 Å². The van der Waals surface area contributed by atoms with Crippen LogP contribution in [0, 0.1) is 0 Å². The molecule has 1 aromatic heterocycles. The van der Waals surface area contributed by atoms with E-state index in [2.05, 4.69) is 27.4 Å². The van der Waals surface area contributed by atoms with Crippen molar-refractivity contribution in [3.63, 3.8) is 0 Å². The van der Waals surface area contributed by atoms with Gasteiger partial charge in [-0.25, -0.2) is 9.97 Å². The second-order valence-electron chi connectivity index (χ2n) is 5.99. The molecule has 3 aromatic rings. The number of anilines is 4. The van der Waals surface area contributed by atoms with Gasteiger partial charge in [0.1, 0.15) is 23.5 Å². The van der Waals surface area contributed by atoms with Gasteiger partial charge in [-0.2, -0.15) is 0 Å². The van der Waals surface area contributed by atoms with Crippen LogP contribution in [0.15, 0.2) is 54.9 Å². The summed E-state index contributed by atoms with van der Waals surface area (Å²) in [6.45, 7) is 0.684. The zero-order valence-electron chi connectivity index (χ0n) is 15.6. The lowest BCUT2D eigenvalue weighted by atomic mass is 10.2. The van der Waals surface area contributed by atoms with Crippen molar-refractivity contribution in [1.82, 2.24) is 9.97 Å². The zero-order chi connectivity index (χ0) is 19.2. The van der Waals surface area contributed by atoms with Crippen molar-refractivity contribution >= 4 is 23.0 Å². The molecule has 3 rings (SSSR count). The van der Waals surface area contributed by atoms with Crippen LogP contribution in [0.5, 0.6) is 11.5 Å². The minimum absolute atomic E-state index is 0.459. The quantitative estimate of drug-likeness (QED) is 0.663. The number of benzene rings is 2. The first-order valence-corrected chi connectivity index (χ1v) is 8.47. The van der Waals surface area contributed by atoms with Crippen LogP contribution in [0.2, 0.25) is 0 Å². The van der Waals surface area contributed by atoms with Crippen molar-refractivity contribution in [2.75, 3.05) is 37.2 Å². The van der Waals surface area contributed by atoms with Gasteiger partial charge in [0.15, 0.2) is 11.6 Å². The molecular weight excluding hydrogens is 342 g/mol. The molecule has 3 N–H and O–H groups in total. The van der Waals surface area contributed by atoms with Crippen LogP contribution in [0.3, 0.4) is 0 Å². The van der Waals surface area contributed by atoms with E-state index >= 15 is 0 Å². The van der Waals surface area contributed by atoms with Gasteiger partial charge in [0.25, 0.3) is 0 Å². The Morgan fingerprint density at radius 3 is 2.52 bits per heavy atom. The van der Waals surface area contributed by atoms with Crippen LogP contribution in [0.1, 0.15) is 5.56 Å². The van der Waals surface area contributed by atoms with Gasteiger partial charge in [-0.3, -0.25) is 0 Å². The number of rotatable bonds is 7. The van der Waals surface area contributed by atoms with Gasteiger partial charge in [-0.1, -0.05) is 30.3 Å². The van der Waals surface area contributed by atoms with Crippen LogP contribution in [0.4, 0.5) is 23.0 Å². The highest BCUT2D eigenvalue weighted by Gasteiger charge is 2.14. The summed E-state index contributed by atoms with van der Waals surface area (Å²) >= 11 is 0. The van der Waals surface area contributed by atoms with E-state index in [1.807, 2.05) is 48.3 Å². The summed E-state index contributed by atoms with van der Waals surface area (Å²) < 4.78 is 10.7. The Balaban J connectivity index is 1.87. The Bertz CT molecular complexity index is 902. The molecule has 0 fully saturated rings. The molecular formula is C20H23N5O2. The number of nitrogen functional groups attached to an aromatic ring is 1. The van der Waals surface area contributed by atoms with Crippen LogP contribution in [-0.4, -0.2) is 31.2 Å². The molecule has 0 aliphatic rings. The average Bonchev–Trinajstić information content (AvgIpc) is 2.70. The van der Waals surface area contributed by atoms with Crippen LogP contribution in [-0.2, 0) is 6.54 Å². The third kappa shape index (κ3) is 4.20. The third-order valence-electron chi connectivity index (χ3n) is 4.15. The van der Waals surface area contributed by atoms with Gasteiger partial charge in [0.2, 0.25) is 0 Å². The molecule has 7 heteroatoms. The zero-order valence-corrected chi connectivity index (χ0v) is 15.6. The second kappa shape index (κ2) is 8.27. The first-order chi connectivity index (χ1) is 13.1. The highest BCUT2D eigenvalue weighted by atomic mass is 16.5. The van der Waals surface area contributed by atoms with Crippen LogP contribution in [0.25, 0.3) is 0 Å². The number of aromatic nitrogens is 2. The Morgan fingerprint density at radius 1 is 1.04 bits per heavy atom. The fourth-order valence-corrected chi connectivity index (χ4v) is 2.76. The summed E-state index contributed by atoms with van der Waals surface area (Å²) in [5, 5.41) is 3.22. The van der Waals surface area contributed by atoms with Gasteiger partial charge in [-0.05, 0) is 17.7 Å². The molecule has 0 spiro atoms. The lowest BCUT2D eigenvalue weighted by Gasteiger charge is -2.21. The van der Waals surface area contributed by atoms with Gasteiger partial charge >= 0.3 is 0 Å². The SMILES string of the molecule is COc1ccc(OC)c(Nc2ncnc(N(C)Cc3ccccc3)c2N)c1. The van der Waals surface area contributed by atoms with E-state index in [1.165, 1.54) is 11.9 Å². The molecule has 0 amide bonds. The van der Waals surface area contributed by atoms with Crippen molar-refractivity contribution in [2.24, 2.45) is 0 Å². The van der Waals surface area contributed by atoms with Gasteiger partial charge in [0.05, 0.1) is 19.9 Å². The highest BCUT2D eigenvalue weighted by molar-refractivity contribution is 5.80. The maximum Gasteiger partial charge on any atom is 0.159 e. The molecule has 7 nitrogen and oxygen atoms in total. The van der Waals surface area contributed by atoms with E-state index in [1.54, 1.807) is 14.2 Å². The van der Waals surface area contributed by atoms with Crippen LogP contribution < -0.4 is 25.4 Å². The highest BCUT2D eigenvalue weighted by Crippen LogP contribution is 2.34. The number of methoxy groups -OCH3 is 2. The number of nitrogens with one attached hydrogen (secondary N) is 1. The summed E-state index contributed by atoms with van der Waals surface area (Å²) in [4.78, 5) is 10.6. The summed E-state index contributed by atoms with van der Waals surface area (Å²) in [6, 6.07) is 15.6. The predicted octanol–water partition coefficient (Wildman–Crippen LogP) is 3.46. The number of hydrogen-bond acceptors (Lipinski definition) is 7. The van der Waals surface area contributed by atoms with E-state index in [4.69, 9.17) is 15.2 Å². The Morgan fingerprint density at radius 2 is 1.81 bits per heavy atom. The molecule has 0 unspecified atom stereocenters. The molecule has 0 atom stereocenters. The lowest BCUT2D eigenvalue weighted by molar-refractivity contribution is 0.405. The molecule has 0 radical (unpaired) electrons. The maximum atomic E-state index is 6.35. The Labute approximate surface area is 158 Å². The molecule has 0 aliphatic carbocycles. The Hall–Kier alpha value is -3.48. The largest absolute Gasteiger partial charge is 0.497 e. The molecule has 2 aromatic carbocycles. The second-order valence-corrected chi connectivity index (χ2v) is 5.99. The fraction of sp³-hybridized carbons (Fsp3) is 0.200. The van der Waals surface area contributed by atoms with E-state index in [-0.39, 0.29) is 0 Å². The van der Waals surface area contributed by atoms with Gasteiger partial charge in [-0.15, -0.1) is 0 Å². The first-order valence-electron chi connectivity index (χ1n) is 8.47. The van der Waals surface area contributed by atoms with Crippen molar-refractivity contribution in [1.29, 1.82) is 0 Å². The molecule has 0 aliphatic heterocycles. The average molecular weight is 365 g/mol. The van der Waals surface area contributed by atoms with Gasteiger partial charge < -0.3 is 25.4 Å². The smallest absolute Gasteiger partial charge is 0.159 e. The monoisotopic (exact) mass is 365 g/mol. The molecule has 0 bridgehead atoms. The van der Waals surface area contributed by atoms with E-state index in [0.29, 0.717) is 41.1 Å². The minimum Gasteiger partial charge on any atom is -0.497 e. The third-order valence-corrected chi connectivity index (χ3v) is 4.15. The minimum atomic E-state index is 0.459. The summed E-state index contributed by atoms with van der Waals surface area (Å²) in [5.74, 6) is 2.52. The van der Waals surface area contributed by atoms with Gasteiger partial charge in [0, 0.05) is 19.7 Å². The number of nitrogens with two attached hydrogens (primary N) is 1. The number of hydrogen-bond donors (Lipinski definition) is 2. The molecule has 1 heterocycles. The normalized spacial score (nSPS) is 10.3. The van der Waals surface area contributed by atoms with E-state index in [0.717, 1.165) is 0 Å². The first kappa shape index (κ1) is 18.3. The maximum absolute atomic E-state index is 6.35. The predicted molar refractivity (Wildman–Crippen MR) is 108 cm³/mol. The fourth-order valence-electron chi connectivity index (χ4n) is 2.76. The summed E-state index contributed by atoms with van der Waals surface area (Å²) in [7, 11) is 5.16. The van der Waals surface area contributed by atoms with Crippen molar-refractivity contribution in [2.45, 2.75) is 6.54 Å². The van der Waals surface area contributed by atoms with E-state index in [9.17, 15) is 0 Å². The van der Waals surface area contributed by atoms with Crippen molar-refractivity contribution in [3.8, 4) is 11.5 Å². The standard InChI is InChI=1S/C20H23N5O2/c1-25(12-14-7-5-4-6-8-14)20-18(21)19(22-13-23-20)24-16-11-15(26-2)9-10-17(16)27-3/h4-11,13H,12,21H2,1-3H3,(H,22,23,24). The van der Waals surface area contributed by atoms with Crippen molar-refractivity contribution < 1.29 is 9.47 Å². The Kier molecular flexibility index (Phi) is 5.61. The molecule has 0 saturated heterocycles. The lowest BCUT2D eigenvalue weighted by Crippen LogP contribution is -2.20. The topological polar surface area (TPSA) is 85.5 Å². The molecule has 27 heavy (non-hydrogen) atoms. The summed E-state index contributed by atoms with van der Waals surface area (Å²) in [6.07, 6.45) is 1.49. The number of nitrogens with zero attached hydrogens (tertiary/aromatic N) is 3. The van der Waals surface area contributed by atoms with E-state index < -0.39 is 0 Å². The molecule has 140 valence electrons. The van der Waals surface area contributed by atoms with Crippen molar-refractivity contribution in [3.05, 3.63) is 60.4 Å². The summed E-state index contributed by atoms with van der Waals surface area (Å²) in [5.41, 5.74) is 8.68.